The van der Waals surface area contributed by atoms with Gasteiger partial charge in [-0.3, -0.25) is 14.9 Å². The number of nitro groups is 1. The van der Waals surface area contributed by atoms with Gasteiger partial charge in [-0.1, -0.05) is 19.9 Å². The van der Waals surface area contributed by atoms with Crippen LogP contribution in [0.3, 0.4) is 0 Å². The fourth-order valence-corrected chi connectivity index (χ4v) is 2.13. The Morgan fingerprint density at radius 1 is 1.40 bits per heavy atom. The van der Waals surface area contributed by atoms with Crippen LogP contribution in [0.1, 0.15) is 37.6 Å². The molecule has 110 valence electrons. The molecule has 1 unspecified atom stereocenters. The molecular weight excluding hydrogens is 258 g/mol. The first-order valence-electron chi connectivity index (χ1n) is 6.55. The quantitative estimate of drug-likeness (QED) is 0.509. The summed E-state index contributed by atoms with van der Waals surface area (Å²) in [7, 11) is 1.69. The van der Waals surface area contributed by atoms with Gasteiger partial charge in [0.2, 0.25) is 0 Å². The Labute approximate surface area is 118 Å². The lowest BCUT2D eigenvalue weighted by molar-refractivity contribution is -0.383. The summed E-state index contributed by atoms with van der Waals surface area (Å²) in [5.41, 5.74) is 5.60. The van der Waals surface area contributed by atoms with Gasteiger partial charge in [-0.2, -0.15) is 0 Å². The van der Waals surface area contributed by atoms with Gasteiger partial charge in [0.15, 0.2) is 0 Å². The number of rotatable bonds is 5. The maximum absolute atomic E-state index is 12.4. The third-order valence-corrected chi connectivity index (χ3v) is 3.30. The molecule has 0 aromatic heterocycles. The van der Waals surface area contributed by atoms with Crippen LogP contribution >= 0.6 is 0 Å². The first-order chi connectivity index (χ1) is 9.25. The molecule has 1 aromatic carbocycles. The van der Waals surface area contributed by atoms with Crippen molar-refractivity contribution in [2.45, 2.75) is 33.2 Å². The zero-order valence-corrected chi connectivity index (χ0v) is 12.3. The largest absolute Gasteiger partial charge is 0.393 e. The normalized spacial score (nSPS) is 12.2. The van der Waals surface area contributed by atoms with Crippen LogP contribution in [0, 0.1) is 16.0 Å². The molecule has 1 atom stereocenters. The summed E-state index contributed by atoms with van der Waals surface area (Å²) >= 11 is 0. The van der Waals surface area contributed by atoms with Crippen molar-refractivity contribution in [3.8, 4) is 0 Å². The molecule has 2 N–H and O–H groups in total. The number of nitro benzene ring substituents is 1. The zero-order valence-electron chi connectivity index (χ0n) is 12.3. The van der Waals surface area contributed by atoms with E-state index in [4.69, 9.17) is 5.73 Å². The summed E-state index contributed by atoms with van der Waals surface area (Å²) in [6.07, 6.45) is 0.858. The highest BCUT2D eigenvalue weighted by Crippen LogP contribution is 2.26. The molecule has 0 heterocycles. The summed E-state index contributed by atoms with van der Waals surface area (Å²) in [6, 6.07) is 4.33. The van der Waals surface area contributed by atoms with Gasteiger partial charge < -0.3 is 10.6 Å². The van der Waals surface area contributed by atoms with Gasteiger partial charge in [0, 0.05) is 19.2 Å². The number of anilines is 1. The topological polar surface area (TPSA) is 89.5 Å². The second-order valence-electron chi connectivity index (χ2n) is 5.39. The fraction of sp³-hybridized carbons (Fsp3) is 0.500. The van der Waals surface area contributed by atoms with Crippen molar-refractivity contribution in [1.82, 2.24) is 4.90 Å². The molecule has 0 saturated carbocycles. The number of hydrogen-bond donors (Lipinski definition) is 1. The van der Waals surface area contributed by atoms with Gasteiger partial charge in [-0.05, 0) is 25.3 Å². The average molecular weight is 279 g/mol. The highest BCUT2D eigenvalue weighted by Gasteiger charge is 2.24. The lowest BCUT2D eigenvalue weighted by Gasteiger charge is -2.26. The van der Waals surface area contributed by atoms with Crippen molar-refractivity contribution >= 4 is 17.3 Å². The van der Waals surface area contributed by atoms with Crippen LogP contribution in [0.2, 0.25) is 0 Å². The zero-order chi connectivity index (χ0) is 15.4. The van der Waals surface area contributed by atoms with Gasteiger partial charge >= 0.3 is 0 Å². The van der Waals surface area contributed by atoms with Gasteiger partial charge in [-0.25, -0.2) is 0 Å². The number of nitrogens with zero attached hydrogens (tertiary/aromatic N) is 2. The van der Waals surface area contributed by atoms with E-state index in [0.717, 1.165) is 6.42 Å². The van der Waals surface area contributed by atoms with Crippen LogP contribution < -0.4 is 5.73 Å². The number of amides is 1. The molecule has 1 aromatic rings. The van der Waals surface area contributed by atoms with E-state index < -0.39 is 4.92 Å². The third kappa shape index (κ3) is 3.46. The Bertz CT molecular complexity index is 514. The van der Waals surface area contributed by atoms with Crippen molar-refractivity contribution in [3.63, 3.8) is 0 Å². The molecule has 0 saturated heterocycles. The molecule has 0 bridgehead atoms. The second kappa shape index (κ2) is 6.36. The summed E-state index contributed by atoms with van der Waals surface area (Å²) in [5, 5.41) is 10.8. The Hall–Kier alpha value is -2.11. The van der Waals surface area contributed by atoms with E-state index in [9.17, 15) is 14.9 Å². The van der Waals surface area contributed by atoms with Crippen LogP contribution in [-0.2, 0) is 0 Å². The Balaban J connectivity index is 3.03. The predicted molar refractivity (Wildman–Crippen MR) is 78.5 cm³/mol. The number of hydrogen-bond acceptors (Lipinski definition) is 4. The van der Waals surface area contributed by atoms with Crippen LogP contribution in [0.5, 0.6) is 0 Å². The average Bonchev–Trinajstić information content (AvgIpc) is 2.36. The second-order valence-corrected chi connectivity index (χ2v) is 5.39. The van der Waals surface area contributed by atoms with E-state index in [2.05, 4.69) is 13.8 Å². The van der Waals surface area contributed by atoms with Crippen molar-refractivity contribution < 1.29 is 9.72 Å². The minimum atomic E-state index is -0.580. The molecule has 6 nitrogen and oxygen atoms in total. The summed E-state index contributed by atoms with van der Waals surface area (Å²) in [6.45, 7) is 6.11. The molecule has 1 rings (SSSR count). The van der Waals surface area contributed by atoms with E-state index in [-0.39, 0.29) is 28.9 Å². The highest BCUT2D eigenvalue weighted by atomic mass is 16.6. The van der Waals surface area contributed by atoms with E-state index in [1.807, 2.05) is 6.92 Å². The van der Waals surface area contributed by atoms with Gasteiger partial charge in [-0.15, -0.1) is 0 Å². The Morgan fingerprint density at radius 3 is 2.50 bits per heavy atom. The third-order valence-electron chi connectivity index (χ3n) is 3.30. The van der Waals surface area contributed by atoms with Crippen molar-refractivity contribution in [2.24, 2.45) is 5.92 Å². The van der Waals surface area contributed by atoms with Crippen LogP contribution in [0.15, 0.2) is 18.2 Å². The van der Waals surface area contributed by atoms with E-state index in [1.165, 1.54) is 18.2 Å². The van der Waals surface area contributed by atoms with Gasteiger partial charge in [0.25, 0.3) is 11.6 Å². The molecule has 20 heavy (non-hydrogen) atoms. The summed E-state index contributed by atoms with van der Waals surface area (Å²) in [5.74, 6) is 0.169. The SMILES string of the molecule is CC(C)CC(C)N(C)C(=O)c1cccc([N+](=O)[O-])c1N. The molecule has 0 aliphatic carbocycles. The maximum atomic E-state index is 12.4. The fourth-order valence-electron chi connectivity index (χ4n) is 2.13. The summed E-state index contributed by atoms with van der Waals surface area (Å²) < 4.78 is 0. The molecule has 0 aliphatic heterocycles. The number of carbonyl (C=O) groups is 1. The number of nitrogens with two attached hydrogens (primary N) is 1. The summed E-state index contributed by atoms with van der Waals surface area (Å²) in [4.78, 5) is 24.2. The first kappa shape index (κ1) is 15.9. The molecular formula is C14H21N3O3. The molecule has 1 amide bonds. The number of nitrogen functional groups attached to an aromatic ring is 1. The lowest BCUT2D eigenvalue weighted by atomic mass is 10.0. The van der Waals surface area contributed by atoms with Crippen LogP contribution in [-0.4, -0.2) is 28.8 Å². The highest BCUT2D eigenvalue weighted by molar-refractivity contribution is 6.01. The van der Waals surface area contributed by atoms with E-state index in [0.29, 0.717) is 5.92 Å². The van der Waals surface area contributed by atoms with E-state index >= 15 is 0 Å². The Morgan fingerprint density at radius 2 is 2.00 bits per heavy atom. The van der Waals surface area contributed by atoms with Gasteiger partial charge in [0.05, 0.1) is 10.5 Å². The predicted octanol–water partition coefficient (Wildman–Crippen LogP) is 2.68. The maximum Gasteiger partial charge on any atom is 0.292 e. The monoisotopic (exact) mass is 279 g/mol. The van der Waals surface area contributed by atoms with Crippen molar-refractivity contribution in [3.05, 3.63) is 33.9 Å². The van der Waals surface area contributed by atoms with Crippen LogP contribution in [0.4, 0.5) is 11.4 Å². The lowest BCUT2D eigenvalue weighted by Crippen LogP contribution is -2.36. The minimum Gasteiger partial charge on any atom is -0.393 e. The van der Waals surface area contributed by atoms with Gasteiger partial charge in [0.1, 0.15) is 5.69 Å². The number of carbonyl (C=O) groups excluding carboxylic acids is 1. The van der Waals surface area contributed by atoms with Crippen molar-refractivity contribution in [2.75, 3.05) is 12.8 Å². The van der Waals surface area contributed by atoms with Crippen molar-refractivity contribution in [1.29, 1.82) is 0 Å². The molecule has 0 radical (unpaired) electrons. The molecule has 0 spiro atoms. The first-order valence-corrected chi connectivity index (χ1v) is 6.55. The molecule has 6 heteroatoms. The molecule has 0 fully saturated rings. The minimum absolute atomic E-state index is 0.0427. The number of benzene rings is 1. The smallest absolute Gasteiger partial charge is 0.292 e. The van der Waals surface area contributed by atoms with E-state index in [1.54, 1.807) is 11.9 Å². The standard InChI is InChI=1S/C14H21N3O3/c1-9(2)8-10(3)16(4)14(18)11-6-5-7-12(13(11)15)17(19)20/h5-7,9-10H,8,15H2,1-4H3. The molecule has 0 aliphatic rings. The van der Waals surface area contributed by atoms with Crippen LogP contribution in [0.25, 0.3) is 0 Å². The number of para-hydroxylation sites is 1. The Kier molecular flexibility index (Phi) is 5.07.